The summed E-state index contributed by atoms with van der Waals surface area (Å²) in [5.74, 6) is 0.888. The minimum absolute atomic E-state index is 0.0991. The summed E-state index contributed by atoms with van der Waals surface area (Å²) in [6, 6.07) is 15.6. The van der Waals surface area contributed by atoms with Crippen molar-refractivity contribution >= 4 is 17.3 Å². The maximum absolute atomic E-state index is 13.5. The van der Waals surface area contributed by atoms with Gasteiger partial charge in [-0.1, -0.05) is 18.2 Å². The molecule has 2 aromatic carbocycles. The van der Waals surface area contributed by atoms with Gasteiger partial charge >= 0.3 is 0 Å². The van der Waals surface area contributed by atoms with Gasteiger partial charge in [0.05, 0.1) is 13.3 Å². The van der Waals surface area contributed by atoms with Crippen molar-refractivity contribution in [3.8, 4) is 16.9 Å². The normalized spacial score (nSPS) is 20.4. The summed E-state index contributed by atoms with van der Waals surface area (Å²) in [7, 11) is 3.75. The van der Waals surface area contributed by atoms with Gasteiger partial charge in [-0.05, 0) is 36.9 Å². The molecular weight excluding hydrogens is 378 g/mol. The van der Waals surface area contributed by atoms with Crippen LogP contribution >= 0.6 is 0 Å². The van der Waals surface area contributed by atoms with E-state index in [2.05, 4.69) is 27.5 Å². The highest BCUT2D eigenvalue weighted by Crippen LogP contribution is 2.43. The number of aromatic nitrogens is 2. The van der Waals surface area contributed by atoms with Crippen molar-refractivity contribution < 1.29 is 9.53 Å². The Morgan fingerprint density at radius 2 is 1.93 bits per heavy atom. The van der Waals surface area contributed by atoms with Crippen LogP contribution in [-0.4, -0.2) is 60.8 Å². The highest BCUT2D eigenvalue weighted by molar-refractivity contribution is 6.02. The van der Waals surface area contributed by atoms with Gasteiger partial charge in [-0.2, -0.15) is 5.10 Å². The molecule has 3 heterocycles. The zero-order chi connectivity index (χ0) is 20.7. The smallest absolute Gasteiger partial charge is 0.250 e. The molecule has 154 valence electrons. The molecule has 2 N–H and O–H groups in total. The number of hydrogen-bond acceptors (Lipinski definition) is 5. The molecule has 1 aromatic heterocycles. The number of amides is 1. The average molecular weight is 403 g/mol. The predicted octanol–water partition coefficient (Wildman–Crippen LogP) is 2.84. The van der Waals surface area contributed by atoms with Gasteiger partial charge in [0, 0.05) is 54.3 Å². The molecule has 0 saturated carbocycles. The van der Waals surface area contributed by atoms with Crippen LogP contribution in [0.15, 0.2) is 60.9 Å². The number of H-pyrrole nitrogens is 1. The van der Waals surface area contributed by atoms with E-state index in [0.29, 0.717) is 6.54 Å². The quantitative estimate of drug-likeness (QED) is 0.685. The van der Waals surface area contributed by atoms with E-state index in [1.165, 1.54) is 0 Å². The van der Waals surface area contributed by atoms with E-state index in [-0.39, 0.29) is 17.4 Å². The van der Waals surface area contributed by atoms with Gasteiger partial charge in [-0.15, -0.1) is 0 Å². The maximum atomic E-state index is 13.5. The number of carbonyl (C=O) groups is 1. The Balaban J connectivity index is 1.41. The zero-order valence-electron chi connectivity index (χ0n) is 17.1. The Morgan fingerprint density at radius 1 is 1.13 bits per heavy atom. The second-order valence-corrected chi connectivity index (χ2v) is 8.30. The minimum atomic E-state index is -0.269. The number of methoxy groups -OCH3 is 1. The van der Waals surface area contributed by atoms with Gasteiger partial charge in [0.15, 0.2) is 0 Å². The van der Waals surface area contributed by atoms with Crippen LogP contribution in [0.2, 0.25) is 0 Å². The summed E-state index contributed by atoms with van der Waals surface area (Å²) in [6.07, 6.45) is 3.66. The number of aromatic amines is 1. The average Bonchev–Trinajstić information content (AvgIpc) is 3.37. The number of likely N-dealkylation sites (tertiary alicyclic amines) is 1. The first-order chi connectivity index (χ1) is 14.6. The van der Waals surface area contributed by atoms with E-state index in [0.717, 1.165) is 41.3 Å². The first-order valence-corrected chi connectivity index (χ1v) is 10.1. The van der Waals surface area contributed by atoms with Crippen LogP contribution in [0.25, 0.3) is 11.1 Å². The topological polar surface area (TPSA) is 73.5 Å². The fourth-order valence-corrected chi connectivity index (χ4v) is 4.77. The van der Waals surface area contributed by atoms with Crippen LogP contribution in [0.1, 0.15) is 0 Å². The molecule has 7 nitrogen and oxygen atoms in total. The monoisotopic (exact) mass is 403 g/mol. The summed E-state index contributed by atoms with van der Waals surface area (Å²) in [5, 5.41) is 10.3. The fourth-order valence-electron chi connectivity index (χ4n) is 4.77. The Bertz CT molecular complexity index is 1040. The third-order valence-electron chi connectivity index (χ3n) is 6.16. The summed E-state index contributed by atoms with van der Waals surface area (Å²) < 4.78 is 5.34. The standard InChI is InChI=1S/C23H25N5O2/c1-27-13-23(14-27)15-28(19-8-6-16(7-9-19)17-11-24-25-12-17)22(29)21(23)26-18-4-3-5-20(10-18)30-2/h3-12,21,26H,13-15H2,1-2H3,(H,24,25). The summed E-state index contributed by atoms with van der Waals surface area (Å²) in [6.45, 7) is 2.50. The van der Waals surface area contributed by atoms with E-state index < -0.39 is 0 Å². The number of nitrogens with zero attached hydrogens (tertiary/aromatic N) is 3. The molecule has 2 aliphatic heterocycles. The lowest BCUT2D eigenvalue weighted by molar-refractivity contribution is -0.119. The van der Waals surface area contributed by atoms with Crippen molar-refractivity contribution in [2.75, 3.05) is 44.0 Å². The first-order valence-electron chi connectivity index (χ1n) is 10.1. The molecule has 5 rings (SSSR count). The van der Waals surface area contributed by atoms with Crippen molar-refractivity contribution in [2.24, 2.45) is 5.41 Å². The molecule has 0 bridgehead atoms. The molecule has 1 atom stereocenters. The summed E-state index contributed by atoms with van der Waals surface area (Å²) in [4.78, 5) is 17.7. The molecule has 2 saturated heterocycles. The van der Waals surface area contributed by atoms with Gasteiger partial charge in [-0.3, -0.25) is 9.89 Å². The van der Waals surface area contributed by atoms with E-state index in [1.54, 1.807) is 13.3 Å². The number of hydrogen-bond donors (Lipinski definition) is 2. The Labute approximate surface area is 175 Å². The molecule has 30 heavy (non-hydrogen) atoms. The van der Waals surface area contributed by atoms with Gasteiger partial charge in [0.1, 0.15) is 11.8 Å². The number of rotatable bonds is 5. The van der Waals surface area contributed by atoms with Crippen molar-refractivity contribution in [1.82, 2.24) is 15.1 Å². The van der Waals surface area contributed by atoms with E-state index in [1.807, 2.05) is 59.6 Å². The number of benzene rings is 2. The lowest BCUT2D eigenvalue weighted by atomic mass is 9.75. The summed E-state index contributed by atoms with van der Waals surface area (Å²) >= 11 is 0. The van der Waals surface area contributed by atoms with Gasteiger partial charge < -0.3 is 19.9 Å². The van der Waals surface area contributed by atoms with E-state index >= 15 is 0 Å². The maximum Gasteiger partial charge on any atom is 0.250 e. The van der Waals surface area contributed by atoms with Crippen LogP contribution in [0.5, 0.6) is 5.75 Å². The van der Waals surface area contributed by atoms with Crippen molar-refractivity contribution in [3.63, 3.8) is 0 Å². The number of nitrogens with one attached hydrogen (secondary N) is 2. The largest absolute Gasteiger partial charge is 0.497 e. The highest BCUT2D eigenvalue weighted by Gasteiger charge is 2.58. The Hall–Kier alpha value is -3.32. The lowest BCUT2D eigenvalue weighted by Crippen LogP contribution is -2.62. The third-order valence-corrected chi connectivity index (χ3v) is 6.16. The third kappa shape index (κ3) is 3.11. The van der Waals surface area contributed by atoms with E-state index in [4.69, 9.17) is 4.74 Å². The first kappa shape index (κ1) is 18.7. The van der Waals surface area contributed by atoms with E-state index in [9.17, 15) is 4.79 Å². The zero-order valence-corrected chi connectivity index (χ0v) is 17.1. The molecule has 7 heteroatoms. The second-order valence-electron chi connectivity index (χ2n) is 8.30. The molecule has 2 aliphatic rings. The Morgan fingerprint density at radius 3 is 2.60 bits per heavy atom. The van der Waals surface area contributed by atoms with Crippen molar-refractivity contribution in [1.29, 1.82) is 0 Å². The molecule has 1 spiro atoms. The lowest BCUT2D eigenvalue weighted by Gasteiger charge is -2.48. The fraction of sp³-hybridized carbons (Fsp3) is 0.304. The minimum Gasteiger partial charge on any atom is -0.497 e. The van der Waals surface area contributed by atoms with Crippen LogP contribution in [-0.2, 0) is 4.79 Å². The highest BCUT2D eigenvalue weighted by atomic mass is 16.5. The van der Waals surface area contributed by atoms with Gasteiger partial charge in [0.2, 0.25) is 5.91 Å². The van der Waals surface area contributed by atoms with Crippen LogP contribution in [0.4, 0.5) is 11.4 Å². The molecule has 1 amide bonds. The van der Waals surface area contributed by atoms with Crippen molar-refractivity contribution in [3.05, 3.63) is 60.9 Å². The molecular formula is C23H25N5O2. The molecule has 0 aliphatic carbocycles. The predicted molar refractivity (Wildman–Crippen MR) is 117 cm³/mol. The van der Waals surface area contributed by atoms with Crippen molar-refractivity contribution in [2.45, 2.75) is 6.04 Å². The second kappa shape index (κ2) is 7.18. The molecule has 0 radical (unpaired) electrons. The van der Waals surface area contributed by atoms with Crippen LogP contribution in [0, 0.1) is 5.41 Å². The summed E-state index contributed by atoms with van der Waals surface area (Å²) in [5.41, 5.74) is 3.83. The van der Waals surface area contributed by atoms with Gasteiger partial charge in [0.25, 0.3) is 0 Å². The number of anilines is 2. The van der Waals surface area contributed by atoms with Crippen LogP contribution < -0.4 is 15.0 Å². The van der Waals surface area contributed by atoms with Gasteiger partial charge in [-0.25, -0.2) is 0 Å². The molecule has 3 aromatic rings. The Kier molecular flexibility index (Phi) is 4.47. The molecule has 1 unspecified atom stereocenters. The molecule has 2 fully saturated rings. The van der Waals surface area contributed by atoms with Crippen LogP contribution in [0.3, 0.4) is 0 Å². The number of carbonyl (C=O) groups excluding carboxylic acids is 1. The SMILES string of the molecule is COc1cccc(NC2C(=O)N(c3ccc(-c4cn[nH]c4)cc3)CC23CN(C)C3)c1. The number of ether oxygens (including phenoxy) is 1.